The predicted molar refractivity (Wildman–Crippen MR) is 124 cm³/mol. The Kier molecular flexibility index (Phi) is 6.12. The standard InChI is InChI=1S/C25H29NO5S/c1-12(2)14-5-7-15(8-6-14)18-13(3)32-23(21(18)25(30)31-4)26-22(27)19-16-9-10-17(11-16)20(19)24(28)29/h5-8,12,16-17,19-20H,9-11H2,1-4H3,(H,26,27)(H,28,29). The summed E-state index contributed by atoms with van der Waals surface area (Å²) in [4.78, 5) is 38.7. The van der Waals surface area contributed by atoms with Gasteiger partial charge in [-0.3, -0.25) is 9.59 Å². The van der Waals surface area contributed by atoms with Crippen LogP contribution in [0.2, 0.25) is 0 Å². The molecule has 4 unspecified atom stereocenters. The Balaban J connectivity index is 1.69. The van der Waals surface area contributed by atoms with Crippen LogP contribution in [0.5, 0.6) is 0 Å². The average molecular weight is 456 g/mol. The SMILES string of the molecule is COC(=O)c1c(NC(=O)C2C3CCC(C3)C2C(=O)O)sc(C)c1-c1ccc(C(C)C)cc1. The quantitative estimate of drug-likeness (QED) is 0.575. The summed E-state index contributed by atoms with van der Waals surface area (Å²) in [6.07, 6.45) is 2.54. The minimum Gasteiger partial charge on any atom is -0.481 e. The average Bonchev–Trinajstić information content (AvgIpc) is 3.46. The van der Waals surface area contributed by atoms with Gasteiger partial charge in [0.2, 0.25) is 5.91 Å². The molecule has 0 radical (unpaired) electrons. The largest absolute Gasteiger partial charge is 0.481 e. The van der Waals surface area contributed by atoms with E-state index in [1.165, 1.54) is 24.0 Å². The number of carboxylic acids is 1. The van der Waals surface area contributed by atoms with Gasteiger partial charge in [-0.15, -0.1) is 11.3 Å². The van der Waals surface area contributed by atoms with Gasteiger partial charge in [0.1, 0.15) is 10.6 Å². The number of carboxylic acid groups (broad SMARTS) is 1. The lowest BCUT2D eigenvalue weighted by molar-refractivity contribution is -0.148. The number of amides is 1. The smallest absolute Gasteiger partial charge is 0.341 e. The van der Waals surface area contributed by atoms with Crippen LogP contribution < -0.4 is 5.32 Å². The molecule has 2 fully saturated rings. The highest BCUT2D eigenvalue weighted by molar-refractivity contribution is 7.17. The number of nitrogens with one attached hydrogen (secondary N) is 1. The minimum atomic E-state index is -0.904. The van der Waals surface area contributed by atoms with Crippen LogP contribution in [0, 0.1) is 30.6 Å². The Labute approximate surface area is 192 Å². The zero-order valence-electron chi connectivity index (χ0n) is 18.8. The number of esters is 1. The first-order valence-electron chi connectivity index (χ1n) is 11.1. The van der Waals surface area contributed by atoms with E-state index in [-0.39, 0.29) is 17.7 Å². The Bertz CT molecular complexity index is 1060. The van der Waals surface area contributed by atoms with E-state index in [4.69, 9.17) is 4.74 Å². The number of methoxy groups -OCH3 is 1. The first-order valence-corrected chi connectivity index (χ1v) is 11.9. The van der Waals surface area contributed by atoms with Crippen LogP contribution in [-0.4, -0.2) is 30.1 Å². The molecule has 6 nitrogen and oxygen atoms in total. The Morgan fingerprint density at radius 1 is 1.09 bits per heavy atom. The summed E-state index contributed by atoms with van der Waals surface area (Å²) < 4.78 is 5.05. The molecule has 4 atom stereocenters. The van der Waals surface area contributed by atoms with Gasteiger partial charge in [0.25, 0.3) is 0 Å². The summed E-state index contributed by atoms with van der Waals surface area (Å²) in [5.41, 5.74) is 3.16. The summed E-state index contributed by atoms with van der Waals surface area (Å²) in [5, 5.41) is 13.0. The number of carbonyl (C=O) groups excluding carboxylic acids is 2. The molecular formula is C25H29NO5S. The fourth-order valence-electron chi connectivity index (χ4n) is 5.53. The monoisotopic (exact) mass is 455 g/mol. The number of aliphatic carboxylic acids is 1. The van der Waals surface area contributed by atoms with Crippen molar-refractivity contribution < 1.29 is 24.2 Å². The second-order valence-electron chi connectivity index (χ2n) is 9.22. The molecule has 7 heteroatoms. The lowest BCUT2D eigenvalue weighted by atomic mass is 9.78. The molecule has 1 heterocycles. The lowest BCUT2D eigenvalue weighted by Gasteiger charge is -2.26. The summed E-state index contributed by atoms with van der Waals surface area (Å²) in [5.74, 6) is -2.40. The van der Waals surface area contributed by atoms with Gasteiger partial charge in [-0.2, -0.15) is 0 Å². The van der Waals surface area contributed by atoms with E-state index in [9.17, 15) is 19.5 Å². The van der Waals surface area contributed by atoms with Crippen LogP contribution in [0.1, 0.15) is 59.8 Å². The van der Waals surface area contributed by atoms with Crippen molar-refractivity contribution in [2.75, 3.05) is 12.4 Å². The zero-order chi connectivity index (χ0) is 23.2. The second-order valence-corrected chi connectivity index (χ2v) is 10.4. The molecule has 2 aromatic rings. The number of ether oxygens (including phenoxy) is 1. The molecule has 0 saturated heterocycles. The summed E-state index contributed by atoms with van der Waals surface area (Å²) in [7, 11) is 1.32. The number of rotatable bonds is 6. The maximum atomic E-state index is 13.2. The van der Waals surface area contributed by atoms with Crippen LogP contribution in [-0.2, 0) is 14.3 Å². The highest BCUT2D eigenvalue weighted by atomic mass is 32.1. The molecule has 1 aromatic carbocycles. The van der Waals surface area contributed by atoms with Gasteiger partial charge in [0.15, 0.2) is 0 Å². The third-order valence-electron chi connectivity index (χ3n) is 7.08. The van der Waals surface area contributed by atoms with Crippen molar-refractivity contribution in [3.05, 3.63) is 40.3 Å². The van der Waals surface area contributed by atoms with E-state index in [0.717, 1.165) is 35.3 Å². The van der Waals surface area contributed by atoms with Crippen LogP contribution in [0.4, 0.5) is 5.00 Å². The molecule has 4 rings (SSSR count). The third-order valence-corrected chi connectivity index (χ3v) is 8.10. The van der Waals surface area contributed by atoms with Gasteiger partial charge >= 0.3 is 11.9 Å². The first-order chi connectivity index (χ1) is 15.2. The molecular weight excluding hydrogens is 426 g/mol. The molecule has 0 spiro atoms. The van der Waals surface area contributed by atoms with Crippen molar-refractivity contribution in [2.45, 2.75) is 46.0 Å². The maximum absolute atomic E-state index is 13.2. The van der Waals surface area contributed by atoms with E-state index in [1.807, 2.05) is 31.2 Å². The number of fused-ring (bicyclic) bond motifs is 2. The van der Waals surface area contributed by atoms with Crippen molar-refractivity contribution in [2.24, 2.45) is 23.7 Å². The molecule has 2 bridgehead atoms. The van der Waals surface area contributed by atoms with Crippen molar-refractivity contribution in [3.8, 4) is 11.1 Å². The second kappa shape index (κ2) is 8.70. The fraction of sp³-hybridized carbons (Fsp3) is 0.480. The molecule has 2 N–H and O–H groups in total. The Morgan fingerprint density at radius 2 is 1.72 bits per heavy atom. The summed E-state index contributed by atoms with van der Waals surface area (Å²) >= 11 is 1.33. The minimum absolute atomic E-state index is 0.0634. The van der Waals surface area contributed by atoms with Crippen LogP contribution in [0.3, 0.4) is 0 Å². The normalized spacial score (nSPS) is 24.0. The van der Waals surface area contributed by atoms with Gasteiger partial charge in [-0.25, -0.2) is 4.79 Å². The van der Waals surface area contributed by atoms with E-state index in [0.29, 0.717) is 16.5 Å². The number of aryl methyl sites for hydroxylation is 1. The first kappa shape index (κ1) is 22.5. The van der Waals surface area contributed by atoms with E-state index >= 15 is 0 Å². The van der Waals surface area contributed by atoms with Crippen LogP contribution in [0.15, 0.2) is 24.3 Å². The van der Waals surface area contributed by atoms with Crippen molar-refractivity contribution in [1.29, 1.82) is 0 Å². The zero-order valence-corrected chi connectivity index (χ0v) is 19.6. The summed E-state index contributed by atoms with van der Waals surface area (Å²) in [6.45, 7) is 6.16. The lowest BCUT2D eigenvalue weighted by Crippen LogP contribution is -2.37. The number of thiophene rings is 1. The van der Waals surface area contributed by atoms with Crippen molar-refractivity contribution in [1.82, 2.24) is 0 Å². The van der Waals surface area contributed by atoms with Gasteiger partial charge in [-0.05, 0) is 55.1 Å². The van der Waals surface area contributed by atoms with E-state index < -0.39 is 23.8 Å². The maximum Gasteiger partial charge on any atom is 0.341 e. The van der Waals surface area contributed by atoms with Gasteiger partial charge in [0, 0.05) is 10.4 Å². The molecule has 1 amide bonds. The molecule has 2 saturated carbocycles. The number of anilines is 1. The molecule has 2 aliphatic carbocycles. The number of hydrogen-bond acceptors (Lipinski definition) is 5. The molecule has 32 heavy (non-hydrogen) atoms. The number of benzene rings is 1. The highest BCUT2D eigenvalue weighted by Crippen LogP contribution is 2.53. The Hall–Kier alpha value is -2.67. The van der Waals surface area contributed by atoms with Crippen LogP contribution >= 0.6 is 11.3 Å². The van der Waals surface area contributed by atoms with Gasteiger partial charge < -0.3 is 15.2 Å². The molecule has 0 aliphatic heterocycles. The molecule has 1 aromatic heterocycles. The predicted octanol–water partition coefficient (Wildman–Crippen LogP) is 5.32. The van der Waals surface area contributed by atoms with Gasteiger partial charge in [0.05, 0.1) is 18.9 Å². The fourth-order valence-corrected chi connectivity index (χ4v) is 6.60. The molecule has 170 valence electrons. The van der Waals surface area contributed by atoms with Crippen molar-refractivity contribution >= 4 is 34.2 Å². The van der Waals surface area contributed by atoms with Crippen molar-refractivity contribution in [3.63, 3.8) is 0 Å². The molecule has 2 aliphatic rings. The van der Waals surface area contributed by atoms with E-state index in [2.05, 4.69) is 19.2 Å². The number of carbonyl (C=O) groups is 3. The number of hydrogen-bond donors (Lipinski definition) is 2. The highest BCUT2D eigenvalue weighted by Gasteiger charge is 2.54. The van der Waals surface area contributed by atoms with Gasteiger partial charge in [-0.1, -0.05) is 38.1 Å². The van der Waals surface area contributed by atoms with Crippen LogP contribution in [0.25, 0.3) is 11.1 Å². The van der Waals surface area contributed by atoms with E-state index in [1.54, 1.807) is 0 Å². The summed E-state index contributed by atoms with van der Waals surface area (Å²) in [6, 6.07) is 8.06. The topological polar surface area (TPSA) is 92.7 Å². The third kappa shape index (κ3) is 3.83. The Morgan fingerprint density at radius 3 is 2.28 bits per heavy atom.